The molecule has 0 saturated carbocycles. The molecular weight excluding hydrogens is 490 g/mol. The van der Waals surface area contributed by atoms with Crippen LogP contribution in [-0.2, 0) is 38.3 Å². The Morgan fingerprint density at radius 2 is 0.967 bits per heavy atom. The number of halogens is 2. The molecule has 0 spiro atoms. The van der Waals surface area contributed by atoms with Crippen molar-refractivity contribution in [1.82, 2.24) is 9.13 Å². The van der Waals surface area contributed by atoms with E-state index < -0.39 is 0 Å². The zero-order valence-electron chi connectivity index (χ0n) is 16.9. The van der Waals surface area contributed by atoms with Gasteiger partial charge in [0.05, 0.1) is 0 Å². The predicted octanol–water partition coefficient (Wildman–Crippen LogP) is 0.0740. The van der Waals surface area contributed by atoms with Crippen LogP contribution in [0.15, 0.2) is 85.2 Å². The number of benzene rings is 2. The molecule has 6 rings (SSSR count). The quantitative estimate of drug-likeness (QED) is 0.255. The second-order valence-corrected chi connectivity index (χ2v) is 6.91. The second kappa shape index (κ2) is 10.4. The largest absolute Gasteiger partial charge is 1.00 e. The standard InChI is InChI=1S/2C12H10N.CH2.2ClH.Zr/c2*1-13-7-6-11-10-5-3-2-4-9(10)8-12(11)13;;;;/h2*2-8H,1H3;1H2;2*1H;/q2*-1;;;;+2/p-2. The van der Waals surface area contributed by atoms with Gasteiger partial charge in [-0.1, -0.05) is 24.3 Å². The van der Waals surface area contributed by atoms with Gasteiger partial charge < -0.3 is 33.9 Å². The van der Waals surface area contributed by atoms with Crippen molar-refractivity contribution in [3.05, 3.63) is 85.2 Å². The van der Waals surface area contributed by atoms with Crippen LogP contribution < -0.4 is 24.8 Å². The van der Waals surface area contributed by atoms with Gasteiger partial charge in [0.15, 0.2) is 0 Å². The van der Waals surface area contributed by atoms with Crippen LogP contribution in [0.5, 0.6) is 0 Å². The number of aromatic nitrogens is 2. The van der Waals surface area contributed by atoms with Crippen molar-refractivity contribution >= 4 is 47.6 Å². The van der Waals surface area contributed by atoms with Crippen LogP contribution in [-0.4, -0.2) is 13.3 Å². The molecule has 0 aliphatic rings. The van der Waals surface area contributed by atoms with Gasteiger partial charge >= 0.3 is 28.4 Å². The second-order valence-electron chi connectivity index (χ2n) is 6.91. The Morgan fingerprint density at radius 3 is 1.37 bits per heavy atom. The van der Waals surface area contributed by atoms with E-state index in [0.717, 1.165) is 0 Å². The summed E-state index contributed by atoms with van der Waals surface area (Å²) in [5.41, 5.74) is 2.64. The van der Waals surface area contributed by atoms with E-state index in [1.165, 1.54) is 67.6 Å². The van der Waals surface area contributed by atoms with Crippen molar-refractivity contribution in [3.8, 4) is 0 Å². The molecule has 6 aromatic rings. The molecule has 0 unspecified atom stereocenters. The summed E-state index contributed by atoms with van der Waals surface area (Å²) < 4.78 is 7.66. The van der Waals surface area contributed by atoms with Gasteiger partial charge in [0, 0.05) is 14.1 Å². The fourth-order valence-electron chi connectivity index (χ4n) is 3.93. The number of fused-ring (bicyclic) bond motifs is 6. The van der Waals surface area contributed by atoms with E-state index in [1.54, 1.807) is 0 Å². The Hall–Kier alpha value is -1.93. The van der Waals surface area contributed by atoms with Crippen LogP contribution in [0.4, 0.5) is 0 Å². The molecule has 0 radical (unpaired) electrons. The molecule has 0 atom stereocenters. The average Bonchev–Trinajstić information content (AvgIpc) is 3.47. The minimum Gasteiger partial charge on any atom is -1.00 e. The topological polar surface area (TPSA) is 9.86 Å². The average molecular weight is 513 g/mol. The summed E-state index contributed by atoms with van der Waals surface area (Å²) in [6, 6.07) is 25.9. The molecule has 0 aliphatic carbocycles. The van der Waals surface area contributed by atoms with Crippen molar-refractivity contribution in [3.63, 3.8) is 0 Å². The van der Waals surface area contributed by atoms with Gasteiger partial charge in [0.25, 0.3) is 0 Å². The fraction of sp³-hybridized carbons (Fsp3) is 0.0800. The summed E-state index contributed by atoms with van der Waals surface area (Å²) in [6.07, 6.45) is 4.22. The molecule has 0 saturated heterocycles. The third kappa shape index (κ3) is 4.25. The van der Waals surface area contributed by atoms with E-state index in [2.05, 4.69) is 113 Å². The number of aryl methyl sites for hydroxylation is 2. The van der Waals surface area contributed by atoms with Crippen LogP contribution in [0.3, 0.4) is 0 Å². The summed E-state index contributed by atoms with van der Waals surface area (Å²) in [6.45, 7) is 0. The molecule has 4 aromatic carbocycles. The normalized spacial score (nSPS) is 10.1. The minimum atomic E-state index is 0. The first kappa shape index (κ1) is 24.3. The Morgan fingerprint density at radius 1 is 0.600 bits per heavy atom. The number of hydrogen-bond acceptors (Lipinski definition) is 0. The third-order valence-electron chi connectivity index (χ3n) is 5.33. The van der Waals surface area contributed by atoms with Crippen molar-refractivity contribution < 1.29 is 49.0 Å². The van der Waals surface area contributed by atoms with Crippen LogP contribution in [0, 0.1) is 0 Å². The zero-order chi connectivity index (χ0) is 19.7. The Balaban J connectivity index is 0.000000186. The van der Waals surface area contributed by atoms with Gasteiger partial charge in [-0.15, -0.1) is 80.8 Å². The molecule has 0 N–H and O–H groups in total. The van der Waals surface area contributed by atoms with Crippen molar-refractivity contribution in [2.24, 2.45) is 14.1 Å². The Bertz CT molecular complexity index is 1280. The van der Waals surface area contributed by atoms with Gasteiger partial charge in [-0.2, -0.15) is 0 Å². The van der Waals surface area contributed by atoms with E-state index >= 15 is 0 Å². The fourth-order valence-corrected chi connectivity index (χ4v) is 3.93. The van der Waals surface area contributed by atoms with E-state index in [1.807, 2.05) is 0 Å². The molecule has 2 heterocycles. The maximum Gasteiger partial charge on any atom is -1.00 e. The predicted molar refractivity (Wildman–Crippen MR) is 119 cm³/mol. The molecule has 152 valence electrons. The van der Waals surface area contributed by atoms with E-state index in [-0.39, 0.29) is 24.8 Å². The Labute approximate surface area is 204 Å². The first-order valence-electron chi connectivity index (χ1n) is 9.27. The maximum absolute atomic E-state index is 3.34. The number of nitrogens with zero attached hydrogens (tertiary/aromatic N) is 2. The zero-order valence-corrected chi connectivity index (χ0v) is 20.9. The molecular formula is C25H22Cl2N2Zr-2. The Kier molecular flexibility index (Phi) is 8.44. The molecule has 2 nitrogen and oxygen atoms in total. The third-order valence-corrected chi connectivity index (χ3v) is 5.33. The SMILES string of the molecule is Cn1ccc2c3ccccc3[cH-]c21.Cn1ccc2c3ccccc3[cH-]c21.[CH2]=[Zr+2].[Cl-].[Cl-]. The van der Waals surface area contributed by atoms with Gasteiger partial charge in [-0.25, -0.2) is 0 Å². The molecule has 30 heavy (non-hydrogen) atoms. The summed E-state index contributed by atoms with van der Waals surface area (Å²) in [4.78, 5) is 0. The summed E-state index contributed by atoms with van der Waals surface area (Å²) in [7, 11) is 4.17. The number of rotatable bonds is 0. The summed E-state index contributed by atoms with van der Waals surface area (Å²) >= 11 is 1.30. The van der Waals surface area contributed by atoms with Crippen molar-refractivity contribution in [2.75, 3.05) is 0 Å². The first-order valence-corrected chi connectivity index (χ1v) is 11.0. The van der Waals surface area contributed by atoms with Crippen molar-refractivity contribution in [2.45, 2.75) is 0 Å². The van der Waals surface area contributed by atoms with Gasteiger partial charge in [-0.3, -0.25) is 0 Å². The maximum atomic E-state index is 3.34. The smallest absolute Gasteiger partial charge is 1.00 e. The molecule has 0 bridgehead atoms. The summed E-state index contributed by atoms with van der Waals surface area (Å²) in [5, 5.41) is 8.11. The minimum absolute atomic E-state index is 0. The monoisotopic (exact) mass is 510 g/mol. The van der Waals surface area contributed by atoms with Crippen LogP contribution in [0.25, 0.3) is 43.4 Å². The van der Waals surface area contributed by atoms with Gasteiger partial charge in [0.2, 0.25) is 0 Å². The van der Waals surface area contributed by atoms with E-state index in [0.29, 0.717) is 0 Å². The van der Waals surface area contributed by atoms with E-state index in [4.69, 9.17) is 0 Å². The van der Waals surface area contributed by atoms with Crippen LogP contribution >= 0.6 is 0 Å². The van der Waals surface area contributed by atoms with Crippen LogP contribution in [0.1, 0.15) is 0 Å². The first-order chi connectivity index (χ1) is 13.7. The van der Waals surface area contributed by atoms with Gasteiger partial charge in [-0.05, 0) is 23.4 Å². The van der Waals surface area contributed by atoms with Gasteiger partial charge in [0.1, 0.15) is 0 Å². The van der Waals surface area contributed by atoms with E-state index in [9.17, 15) is 0 Å². The van der Waals surface area contributed by atoms with Crippen molar-refractivity contribution in [1.29, 1.82) is 0 Å². The molecule has 5 heteroatoms. The molecule has 0 fully saturated rings. The molecule has 0 amide bonds. The number of hydrogen-bond donors (Lipinski definition) is 0. The molecule has 0 aliphatic heterocycles. The summed E-state index contributed by atoms with van der Waals surface area (Å²) in [5.74, 6) is 0. The molecule has 2 aromatic heterocycles. The van der Waals surface area contributed by atoms with Crippen LogP contribution in [0.2, 0.25) is 0 Å².